The van der Waals surface area contributed by atoms with Crippen molar-refractivity contribution >= 4 is 6.29 Å². The van der Waals surface area contributed by atoms with Gasteiger partial charge in [-0.1, -0.05) is 32.1 Å². The molecule has 1 heterocycles. The molecule has 0 bridgehead atoms. The van der Waals surface area contributed by atoms with E-state index >= 15 is 0 Å². The second kappa shape index (κ2) is 5.99. The Morgan fingerprint density at radius 2 is 1.82 bits per heavy atom. The molecule has 0 N–H and O–H groups in total. The van der Waals surface area contributed by atoms with Crippen LogP contribution in [0, 0.1) is 5.41 Å². The maximum Gasteiger partial charge on any atom is 0.127 e. The number of nitrogens with zero attached hydrogens (tertiary/aromatic N) is 1. The van der Waals surface area contributed by atoms with Gasteiger partial charge in [0.05, 0.1) is 0 Å². The molecule has 1 atom stereocenters. The molecule has 17 heavy (non-hydrogen) atoms. The minimum absolute atomic E-state index is 0.0118. The molecule has 2 heteroatoms. The second-order valence-electron chi connectivity index (χ2n) is 6.21. The van der Waals surface area contributed by atoms with Gasteiger partial charge in [-0.3, -0.25) is 4.90 Å². The highest BCUT2D eigenvalue weighted by molar-refractivity contribution is 5.59. The normalized spacial score (nSPS) is 30.8. The van der Waals surface area contributed by atoms with Gasteiger partial charge in [-0.05, 0) is 39.2 Å². The summed E-state index contributed by atoms with van der Waals surface area (Å²) in [6.45, 7) is 4.56. The third-order valence-electron chi connectivity index (χ3n) is 4.81. The fourth-order valence-corrected chi connectivity index (χ4v) is 3.54. The van der Waals surface area contributed by atoms with E-state index in [1.54, 1.807) is 0 Å². The van der Waals surface area contributed by atoms with Crippen molar-refractivity contribution in [2.45, 2.75) is 70.8 Å². The van der Waals surface area contributed by atoms with Crippen LogP contribution in [0.3, 0.4) is 0 Å². The van der Waals surface area contributed by atoms with E-state index in [4.69, 9.17) is 0 Å². The molecule has 0 radical (unpaired) electrons. The summed E-state index contributed by atoms with van der Waals surface area (Å²) in [7, 11) is 0. The van der Waals surface area contributed by atoms with E-state index in [9.17, 15) is 4.79 Å². The van der Waals surface area contributed by atoms with E-state index in [1.807, 2.05) is 0 Å². The van der Waals surface area contributed by atoms with Gasteiger partial charge in [0.2, 0.25) is 0 Å². The average Bonchev–Trinajstić information content (AvgIpc) is 2.58. The Labute approximate surface area is 106 Å². The smallest absolute Gasteiger partial charge is 0.127 e. The van der Waals surface area contributed by atoms with Crippen LogP contribution >= 0.6 is 0 Å². The van der Waals surface area contributed by atoms with Gasteiger partial charge in [0.1, 0.15) is 6.29 Å². The molecule has 1 saturated heterocycles. The van der Waals surface area contributed by atoms with Gasteiger partial charge in [0.15, 0.2) is 0 Å². The lowest BCUT2D eigenvalue weighted by Crippen LogP contribution is -2.45. The zero-order valence-electron chi connectivity index (χ0n) is 11.3. The van der Waals surface area contributed by atoms with Crippen molar-refractivity contribution in [1.29, 1.82) is 0 Å². The molecule has 2 rings (SSSR count). The molecule has 1 saturated carbocycles. The van der Waals surface area contributed by atoms with Gasteiger partial charge >= 0.3 is 0 Å². The molecule has 0 spiro atoms. The minimum atomic E-state index is -0.0118. The average molecular weight is 237 g/mol. The van der Waals surface area contributed by atoms with Crippen molar-refractivity contribution in [3.05, 3.63) is 0 Å². The van der Waals surface area contributed by atoms with E-state index in [1.165, 1.54) is 57.8 Å². The molecule has 2 fully saturated rings. The highest BCUT2D eigenvalue weighted by atomic mass is 16.1. The van der Waals surface area contributed by atoms with E-state index in [-0.39, 0.29) is 5.41 Å². The monoisotopic (exact) mass is 237 g/mol. The summed E-state index contributed by atoms with van der Waals surface area (Å²) in [4.78, 5) is 14.2. The second-order valence-corrected chi connectivity index (χ2v) is 6.21. The van der Waals surface area contributed by atoms with Crippen LogP contribution in [-0.4, -0.2) is 30.3 Å². The van der Waals surface area contributed by atoms with Crippen LogP contribution in [-0.2, 0) is 4.79 Å². The van der Waals surface area contributed by atoms with Crippen LogP contribution in [0.25, 0.3) is 0 Å². The molecule has 0 aromatic rings. The lowest BCUT2D eigenvalue weighted by atomic mass is 9.80. The molecule has 0 aromatic heterocycles. The Balaban J connectivity index is 1.99. The van der Waals surface area contributed by atoms with Crippen LogP contribution in [0.4, 0.5) is 0 Å². The van der Waals surface area contributed by atoms with Crippen LogP contribution in [0.5, 0.6) is 0 Å². The minimum Gasteiger partial charge on any atom is -0.303 e. The highest BCUT2D eigenvalue weighted by Crippen LogP contribution is 2.35. The molecule has 2 nitrogen and oxygen atoms in total. The number of carbonyl (C=O) groups excluding carboxylic acids is 1. The van der Waals surface area contributed by atoms with Gasteiger partial charge in [-0.25, -0.2) is 0 Å². The number of aldehydes is 1. The van der Waals surface area contributed by atoms with Crippen molar-refractivity contribution in [3.63, 3.8) is 0 Å². The maximum absolute atomic E-state index is 11.6. The first-order chi connectivity index (χ1) is 8.26. The summed E-state index contributed by atoms with van der Waals surface area (Å²) >= 11 is 0. The summed E-state index contributed by atoms with van der Waals surface area (Å²) < 4.78 is 0. The molecular weight excluding hydrogens is 210 g/mol. The fourth-order valence-electron chi connectivity index (χ4n) is 3.54. The van der Waals surface area contributed by atoms with Crippen molar-refractivity contribution in [1.82, 2.24) is 4.90 Å². The Kier molecular flexibility index (Phi) is 4.61. The van der Waals surface area contributed by atoms with Crippen LogP contribution in [0.2, 0.25) is 0 Å². The molecule has 98 valence electrons. The topological polar surface area (TPSA) is 20.3 Å². The first-order valence-corrected chi connectivity index (χ1v) is 7.46. The number of hydrogen-bond acceptors (Lipinski definition) is 2. The van der Waals surface area contributed by atoms with Crippen LogP contribution in [0.15, 0.2) is 0 Å². The Hall–Kier alpha value is -0.370. The number of piperidine rings is 1. The lowest BCUT2D eigenvalue weighted by Gasteiger charge is -2.39. The first kappa shape index (κ1) is 13.1. The zero-order chi connectivity index (χ0) is 12.1. The van der Waals surface area contributed by atoms with Gasteiger partial charge in [0, 0.05) is 18.0 Å². The third kappa shape index (κ3) is 3.31. The quantitative estimate of drug-likeness (QED) is 0.554. The molecular formula is C15H27NO. The summed E-state index contributed by atoms with van der Waals surface area (Å²) in [5.74, 6) is 0. The van der Waals surface area contributed by atoms with Gasteiger partial charge in [-0.15, -0.1) is 0 Å². The van der Waals surface area contributed by atoms with E-state index in [2.05, 4.69) is 11.8 Å². The number of hydrogen-bond donors (Lipinski definition) is 0. The van der Waals surface area contributed by atoms with Crippen molar-refractivity contribution < 1.29 is 4.79 Å². The van der Waals surface area contributed by atoms with E-state index in [0.29, 0.717) is 6.04 Å². The standard InChI is InChI=1S/C15H27NO/c1-14-8-4-7-11-16(14)12-15(13-17)9-5-2-3-6-10-15/h13-14H,2-12H2,1H3. The Morgan fingerprint density at radius 3 is 2.41 bits per heavy atom. The molecule has 0 amide bonds. The summed E-state index contributed by atoms with van der Waals surface area (Å²) in [6.07, 6.45) is 12.7. The summed E-state index contributed by atoms with van der Waals surface area (Å²) in [6, 6.07) is 0.684. The van der Waals surface area contributed by atoms with Gasteiger partial charge in [0.25, 0.3) is 0 Å². The molecule has 2 aliphatic rings. The molecule has 1 aliphatic carbocycles. The predicted molar refractivity (Wildman–Crippen MR) is 71.1 cm³/mol. The molecule has 1 unspecified atom stereocenters. The van der Waals surface area contributed by atoms with Gasteiger partial charge < -0.3 is 4.79 Å². The Bertz CT molecular complexity index is 243. The SMILES string of the molecule is CC1CCCCN1CC1(C=O)CCCCCC1. The van der Waals surface area contributed by atoms with Crippen molar-refractivity contribution in [2.75, 3.05) is 13.1 Å². The van der Waals surface area contributed by atoms with Gasteiger partial charge in [-0.2, -0.15) is 0 Å². The van der Waals surface area contributed by atoms with Crippen molar-refractivity contribution in [3.8, 4) is 0 Å². The fraction of sp³-hybridized carbons (Fsp3) is 0.933. The van der Waals surface area contributed by atoms with Crippen molar-refractivity contribution in [2.24, 2.45) is 5.41 Å². The molecule has 1 aliphatic heterocycles. The van der Waals surface area contributed by atoms with E-state index < -0.39 is 0 Å². The largest absolute Gasteiger partial charge is 0.303 e. The first-order valence-electron chi connectivity index (χ1n) is 7.46. The third-order valence-corrected chi connectivity index (χ3v) is 4.81. The zero-order valence-corrected chi connectivity index (χ0v) is 11.3. The molecule has 0 aromatic carbocycles. The van der Waals surface area contributed by atoms with Crippen LogP contribution < -0.4 is 0 Å². The summed E-state index contributed by atoms with van der Waals surface area (Å²) in [5, 5.41) is 0. The van der Waals surface area contributed by atoms with E-state index in [0.717, 1.165) is 19.4 Å². The summed E-state index contributed by atoms with van der Waals surface area (Å²) in [5.41, 5.74) is -0.0118. The Morgan fingerprint density at radius 1 is 1.12 bits per heavy atom. The maximum atomic E-state index is 11.6. The predicted octanol–water partition coefficient (Wildman–Crippen LogP) is 3.40. The lowest BCUT2D eigenvalue weighted by molar-refractivity contribution is -0.118. The number of carbonyl (C=O) groups is 1. The van der Waals surface area contributed by atoms with Crippen LogP contribution in [0.1, 0.15) is 64.7 Å². The number of likely N-dealkylation sites (tertiary alicyclic amines) is 1. The number of rotatable bonds is 3. The highest BCUT2D eigenvalue weighted by Gasteiger charge is 2.34.